The molecular formula is C17H21NO. The van der Waals surface area contributed by atoms with Gasteiger partial charge < -0.3 is 4.57 Å². The number of hydrogen-bond donors (Lipinski definition) is 0. The second-order valence-electron chi connectivity index (χ2n) is 5.13. The zero-order valence-electron chi connectivity index (χ0n) is 12.2. The molecule has 0 aliphatic rings. The smallest absolute Gasteiger partial charge is 0.134 e. The van der Waals surface area contributed by atoms with Crippen LogP contribution in [-0.2, 0) is 17.6 Å². The Balaban J connectivity index is 2.43. The van der Waals surface area contributed by atoms with E-state index in [-0.39, 0.29) is 5.78 Å². The Morgan fingerprint density at radius 1 is 1.16 bits per heavy atom. The van der Waals surface area contributed by atoms with Crippen LogP contribution in [0.5, 0.6) is 0 Å². The molecule has 0 spiro atoms. The summed E-state index contributed by atoms with van der Waals surface area (Å²) in [6.07, 6.45) is 1.58. The summed E-state index contributed by atoms with van der Waals surface area (Å²) in [7, 11) is 0. The Kier molecular flexibility index (Phi) is 3.89. The number of Topliss-reactive ketones (excluding diaryl/α,β-unsaturated/α-hetero) is 1. The second-order valence-corrected chi connectivity index (χ2v) is 5.13. The van der Waals surface area contributed by atoms with Gasteiger partial charge in [-0.3, -0.25) is 4.79 Å². The maximum Gasteiger partial charge on any atom is 0.134 e. The van der Waals surface area contributed by atoms with E-state index in [0.29, 0.717) is 6.42 Å². The van der Waals surface area contributed by atoms with E-state index in [0.717, 1.165) is 17.7 Å². The molecule has 0 aliphatic heterocycles. The monoisotopic (exact) mass is 255 g/mol. The Hall–Kier alpha value is -1.83. The Bertz CT molecular complexity index is 590. The molecule has 0 fully saturated rings. The molecule has 2 aromatic rings. The summed E-state index contributed by atoms with van der Waals surface area (Å²) in [6.45, 7) is 7.97. The third kappa shape index (κ3) is 2.78. The van der Waals surface area contributed by atoms with Gasteiger partial charge in [-0.1, -0.05) is 19.1 Å². The fourth-order valence-electron chi connectivity index (χ4n) is 2.55. The van der Waals surface area contributed by atoms with Gasteiger partial charge in [0, 0.05) is 23.5 Å². The number of rotatable bonds is 4. The van der Waals surface area contributed by atoms with Gasteiger partial charge in [-0.05, 0) is 56.5 Å². The molecule has 0 amide bonds. The van der Waals surface area contributed by atoms with E-state index in [9.17, 15) is 4.79 Å². The zero-order chi connectivity index (χ0) is 14.0. The highest BCUT2D eigenvalue weighted by Gasteiger charge is 2.11. The van der Waals surface area contributed by atoms with E-state index in [1.165, 1.54) is 16.9 Å². The van der Waals surface area contributed by atoms with Crippen molar-refractivity contribution in [3.63, 3.8) is 0 Å². The van der Waals surface area contributed by atoms with Crippen molar-refractivity contribution in [2.24, 2.45) is 0 Å². The third-order valence-corrected chi connectivity index (χ3v) is 3.58. The van der Waals surface area contributed by atoms with Crippen molar-refractivity contribution < 1.29 is 4.79 Å². The van der Waals surface area contributed by atoms with Crippen LogP contribution in [0.2, 0.25) is 0 Å². The van der Waals surface area contributed by atoms with Crippen LogP contribution in [0.3, 0.4) is 0 Å². The van der Waals surface area contributed by atoms with Gasteiger partial charge in [0.05, 0.1) is 0 Å². The SMILES string of the molecule is CCc1ccc(-n2c(C)cc(CC(C)=O)c2C)cc1. The summed E-state index contributed by atoms with van der Waals surface area (Å²) < 4.78 is 2.22. The number of carbonyl (C=O) groups is 1. The zero-order valence-corrected chi connectivity index (χ0v) is 12.2. The van der Waals surface area contributed by atoms with Crippen LogP contribution >= 0.6 is 0 Å². The fraction of sp³-hybridized carbons (Fsp3) is 0.353. The second kappa shape index (κ2) is 5.43. The minimum Gasteiger partial charge on any atom is -0.318 e. The number of carbonyl (C=O) groups excluding carboxylic acids is 1. The molecule has 0 bridgehead atoms. The largest absolute Gasteiger partial charge is 0.318 e. The molecule has 0 saturated carbocycles. The van der Waals surface area contributed by atoms with E-state index in [4.69, 9.17) is 0 Å². The number of hydrogen-bond acceptors (Lipinski definition) is 1. The molecule has 0 N–H and O–H groups in total. The number of nitrogens with zero attached hydrogens (tertiary/aromatic N) is 1. The van der Waals surface area contributed by atoms with Crippen LogP contribution in [0.25, 0.3) is 5.69 Å². The molecule has 0 atom stereocenters. The van der Waals surface area contributed by atoms with E-state index in [1.807, 2.05) is 0 Å². The Morgan fingerprint density at radius 2 is 1.79 bits per heavy atom. The Labute approximate surface area is 115 Å². The van der Waals surface area contributed by atoms with Gasteiger partial charge in [0.1, 0.15) is 5.78 Å². The van der Waals surface area contributed by atoms with E-state index < -0.39 is 0 Å². The highest BCUT2D eigenvalue weighted by atomic mass is 16.1. The predicted octanol–water partition coefficient (Wildman–Crippen LogP) is 3.79. The molecular weight excluding hydrogens is 234 g/mol. The van der Waals surface area contributed by atoms with Gasteiger partial charge in [0.15, 0.2) is 0 Å². The molecule has 19 heavy (non-hydrogen) atoms. The fourth-order valence-corrected chi connectivity index (χ4v) is 2.55. The van der Waals surface area contributed by atoms with Crippen LogP contribution in [-0.4, -0.2) is 10.4 Å². The van der Waals surface area contributed by atoms with Crippen molar-refractivity contribution in [2.75, 3.05) is 0 Å². The van der Waals surface area contributed by atoms with E-state index >= 15 is 0 Å². The first-order chi connectivity index (χ1) is 9.02. The minimum absolute atomic E-state index is 0.210. The van der Waals surface area contributed by atoms with Gasteiger partial charge in [-0.2, -0.15) is 0 Å². The first-order valence-electron chi connectivity index (χ1n) is 6.79. The van der Waals surface area contributed by atoms with Gasteiger partial charge in [0.2, 0.25) is 0 Å². The van der Waals surface area contributed by atoms with Gasteiger partial charge in [-0.15, -0.1) is 0 Å². The lowest BCUT2D eigenvalue weighted by Crippen LogP contribution is -2.01. The van der Waals surface area contributed by atoms with E-state index in [1.54, 1.807) is 6.92 Å². The lowest BCUT2D eigenvalue weighted by atomic mass is 10.1. The van der Waals surface area contributed by atoms with Crippen molar-refractivity contribution in [3.8, 4) is 5.69 Å². The molecule has 1 aromatic carbocycles. The topological polar surface area (TPSA) is 22.0 Å². The van der Waals surface area contributed by atoms with Crippen LogP contribution in [0.15, 0.2) is 30.3 Å². The van der Waals surface area contributed by atoms with Crippen molar-refractivity contribution in [3.05, 3.63) is 52.8 Å². The Morgan fingerprint density at radius 3 is 2.32 bits per heavy atom. The average molecular weight is 255 g/mol. The number of aromatic nitrogens is 1. The van der Waals surface area contributed by atoms with Crippen LogP contribution in [0.4, 0.5) is 0 Å². The summed E-state index contributed by atoms with van der Waals surface area (Å²) in [6, 6.07) is 10.7. The molecule has 100 valence electrons. The minimum atomic E-state index is 0.210. The molecule has 1 aromatic heterocycles. The van der Waals surface area contributed by atoms with Gasteiger partial charge >= 0.3 is 0 Å². The maximum absolute atomic E-state index is 11.3. The summed E-state index contributed by atoms with van der Waals surface area (Å²) in [5.74, 6) is 0.210. The first kappa shape index (κ1) is 13.6. The first-order valence-corrected chi connectivity index (χ1v) is 6.79. The predicted molar refractivity (Wildman–Crippen MR) is 79.0 cm³/mol. The molecule has 0 unspecified atom stereocenters. The number of ketones is 1. The molecule has 2 nitrogen and oxygen atoms in total. The van der Waals surface area contributed by atoms with Crippen LogP contribution < -0.4 is 0 Å². The summed E-state index contributed by atoms with van der Waals surface area (Å²) in [5.41, 5.74) is 5.98. The highest BCUT2D eigenvalue weighted by Crippen LogP contribution is 2.21. The van der Waals surface area contributed by atoms with Crippen LogP contribution in [0, 0.1) is 13.8 Å². The molecule has 2 rings (SSSR count). The van der Waals surface area contributed by atoms with E-state index in [2.05, 4.69) is 55.7 Å². The van der Waals surface area contributed by atoms with Gasteiger partial charge in [-0.25, -0.2) is 0 Å². The number of aryl methyl sites for hydroxylation is 2. The lowest BCUT2D eigenvalue weighted by Gasteiger charge is -2.10. The average Bonchev–Trinajstić information content (AvgIpc) is 2.64. The molecule has 0 saturated heterocycles. The molecule has 2 heteroatoms. The molecule has 0 aliphatic carbocycles. The van der Waals surface area contributed by atoms with Crippen molar-refractivity contribution >= 4 is 5.78 Å². The highest BCUT2D eigenvalue weighted by molar-refractivity contribution is 5.78. The normalized spacial score (nSPS) is 10.7. The standard InChI is InChI=1S/C17H21NO/c1-5-15-6-8-17(9-7-15)18-12(2)10-16(14(18)4)11-13(3)19/h6-10H,5,11H2,1-4H3. The quantitative estimate of drug-likeness (QED) is 0.814. The van der Waals surface area contributed by atoms with Crippen molar-refractivity contribution in [1.82, 2.24) is 4.57 Å². The van der Waals surface area contributed by atoms with Crippen molar-refractivity contribution in [1.29, 1.82) is 0 Å². The van der Waals surface area contributed by atoms with Gasteiger partial charge in [0.25, 0.3) is 0 Å². The summed E-state index contributed by atoms with van der Waals surface area (Å²) in [5, 5.41) is 0. The summed E-state index contributed by atoms with van der Waals surface area (Å²) >= 11 is 0. The summed E-state index contributed by atoms with van der Waals surface area (Å²) in [4.78, 5) is 11.3. The van der Waals surface area contributed by atoms with Crippen LogP contribution in [0.1, 0.15) is 36.4 Å². The molecule has 1 heterocycles. The lowest BCUT2D eigenvalue weighted by molar-refractivity contribution is -0.116. The van der Waals surface area contributed by atoms with Crippen molar-refractivity contribution in [2.45, 2.75) is 40.5 Å². The number of benzene rings is 1. The maximum atomic E-state index is 11.3. The molecule has 0 radical (unpaired) electrons. The third-order valence-electron chi connectivity index (χ3n) is 3.58.